The second-order valence-corrected chi connectivity index (χ2v) is 6.91. The van der Waals surface area contributed by atoms with Crippen molar-refractivity contribution in [3.05, 3.63) is 48.2 Å². The van der Waals surface area contributed by atoms with Crippen LogP contribution in [0, 0.1) is 6.92 Å². The molecule has 9 heteroatoms. The van der Waals surface area contributed by atoms with Crippen LogP contribution < -0.4 is 5.32 Å². The Morgan fingerprint density at radius 2 is 2.15 bits per heavy atom. The molecule has 0 fully saturated rings. The minimum absolute atomic E-state index is 0.146. The van der Waals surface area contributed by atoms with E-state index in [1.807, 2.05) is 38.1 Å². The maximum atomic E-state index is 12.2. The summed E-state index contributed by atoms with van der Waals surface area (Å²) in [5.74, 6) is 1.81. The zero-order valence-corrected chi connectivity index (χ0v) is 15.5. The monoisotopic (exact) mass is 383 g/mol. The molecule has 0 spiro atoms. The number of aryl methyl sites for hydroxylation is 1. The van der Waals surface area contributed by atoms with Crippen molar-refractivity contribution in [1.29, 1.82) is 0 Å². The Balaban J connectivity index is 1.34. The average molecular weight is 383 g/mol. The van der Waals surface area contributed by atoms with E-state index in [0.717, 1.165) is 16.6 Å². The standard InChI is InChI=1S/C18H17N5O3S/c1-10(16-20-13-5-3-4-6-14(13)21-16)19-15(24)9-27-18-23-22-17(26-18)12-7-8-25-11(12)2/h3-8,10H,9H2,1-2H3,(H,19,24)(H,20,21)/t10-/m0/s1. The van der Waals surface area contributed by atoms with Gasteiger partial charge in [0.25, 0.3) is 11.1 Å². The maximum Gasteiger partial charge on any atom is 0.277 e. The minimum Gasteiger partial charge on any atom is -0.469 e. The predicted octanol–water partition coefficient (Wildman–Crippen LogP) is 3.48. The van der Waals surface area contributed by atoms with Crippen LogP contribution in [0.2, 0.25) is 0 Å². The van der Waals surface area contributed by atoms with Crippen LogP contribution in [-0.4, -0.2) is 31.8 Å². The van der Waals surface area contributed by atoms with Crippen LogP contribution in [-0.2, 0) is 4.79 Å². The molecule has 0 saturated carbocycles. The SMILES string of the molecule is Cc1occc1-c1nnc(SCC(=O)N[C@@H](C)c2nc3ccccc3[nH]2)o1. The molecule has 1 aromatic carbocycles. The van der Waals surface area contributed by atoms with Crippen LogP contribution in [0.25, 0.3) is 22.5 Å². The van der Waals surface area contributed by atoms with Crippen LogP contribution >= 0.6 is 11.8 Å². The first-order chi connectivity index (χ1) is 13.1. The number of imidazole rings is 1. The second kappa shape index (κ2) is 7.28. The molecule has 0 aliphatic rings. The van der Waals surface area contributed by atoms with Gasteiger partial charge in [-0.1, -0.05) is 23.9 Å². The van der Waals surface area contributed by atoms with Crippen molar-refractivity contribution in [2.24, 2.45) is 0 Å². The molecule has 1 atom stereocenters. The van der Waals surface area contributed by atoms with E-state index in [-0.39, 0.29) is 17.7 Å². The molecule has 1 amide bonds. The summed E-state index contributed by atoms with van der Waals surface area (Å²) >= 11 is 1.18. The van der Waals surface area contributed by atoms with Gasteiger partial charge in [0.15, 0.2) is 0 Å². The first-order valence-corrected chi connectivity index (χ1v) is 9.33. The number of nitrogens with one attached hydrogen (secondary N) is 2. The third kappa shape index (κ3) is 3.72. The number of hydrogen-bond donors (Lipinski definition) is 2. The van der Waals surface area contributed by atoms with Gasteiger partial charge in [-0.2, -0.15) is 0 Å². The number of furan rings is 1. The molecule has 27 heavy (non-hydrogen) atoms. The normalized spacial score (nSPS) is 12.4. The van der Waals surface area contributed by atoms with E-state index in [0.29, 0.717) is 22.7 Å². The number of H-pyrrole nitrogens is 1. The van der Waals surface area contributed by atoms with E-state index in [1.54, 1.807) is 12.3 Å². The number of benzene rings is 1. The number of thioether (sulfide) groups is 1. The fourth-order valence-electron chi connectivity index (χ4n) is 2.64. The number of amides is 1. The summed E-state index contributed by atoms with van der Waals surface area (Å²) in [4.78, 5) is 19.9. The van der Waals surface area contributed by atoms with E-state index in [2.05, 4.69) is 25.5 Å². The van der Waals surface area contributed by atoms with E-state index < -0.39 is 0 Å². The van der Waals surface area contributed by atoms with Crippen molar-refractivity contribution < 1.29 is 13.6 Å². The molecule has 0 unspecified atom stereocenters. The highest BCUT2D eigenvalue weighted by Crippen LogP contribution is 2.26. The molecule has 2 N–H and O–H groups in total. The Morgan fingerprint density at radius 1 is 1.30 bits per heavy atom. The number of para-hydroxylation sites is 2. The van der Waals surface area contributed by atoms with Crippen LogP contribution in [0.15, 0.2) is 50.7 Å². The van der Waals surface area contributed by atoms with Crippen molar-refractivity contribution >= 4 is 28.7 Å². The van der Waals surface area contributed by atoms with E-state index in [4.69, 9.17) is 8.83 Å². The summed E-state index contributed by atoms with van der Waals surface area (Å²) < 4.78 is 10.8. The molecule has 0 aliphatic carbocycles. The Hall–Kier alpha value is -3.07. The smallest absolute Gasteiger partial charge is 0.277 e. The number of rotatable bonds is 6. The molecule has 8 nitrogen and oxygen atoms in total. The second-order valence-electron chi connectivity index (χ2n) is 5.98. The van der Waals surface area contributed by atoms with E-state index in [9.17, 15) is 4.79 Å². The van der Waals surface area contributed by atoms with Crippen LogP contribution in [0.3, 0.4) is 0 Å². The number of carbonyl (C=O) groups excluding carboxylic acids is 1. The Labute approximate surface area is 158 Å². The molecule has 0 aliphatic heterocycles. The maximum absolute atomic E-state index is 12.2. The third-order valence-corrected chi connectivity index (χ3v) is 4.84. The van der Waals surface area contributed by atoms with Gasteiger partial charge in [-0.15, -0.1) is 10.2 Å². The van der Waals surface area contributed by atoms with Crippen molar-refractivity contribution in [3.63, 3.8) is 0 Å². The van der Waals surface area contributed by atoms with E-state index in [1.165, 1.54) is 11.8 Å². The van der Waals surface area contributed by atoms with Crippen molar-refractivity contribution in [3.8, 4) is 11.5 Å². The topological polar surface area (TPSA) is 110 Å². The van der Waals surface area contributed by atoms with Crippen molar-refractivity contribution in [2.45, 2.75) is 25.1 Å². The quantitative estimate of drug-likeness (QED) is 0.490. The molecule has 0 bridgehead atoms. The van der Waals surface area contributed by atoms with Gasteiger partial charge in [0, 0.05) is 0 Å². The Morgan fingerprint density at radius 3 is 2.93 bits per heavy atom. The average Bonchev–Trinajstić information content (AvgIpc) is 3.38. The van der Waals surface area contributed by atoms with Gasteiger partial charge in [-0.3, -0.25) is 4.79 Å². The van der Waals surface area contributed by atoms with Gasteiger partial charge in [0.2, 0.25) is 5.91 Å². The van der Waals surface area contributed by atoms with Crippen LogP contribution in [0.5, 0.6) is 0 Å². The summed E-state index contributed by atoms with van der Waals surface area (Å²) in [7, 11) is 0. The van der Waals surface area contributed by atoms with Crippen molar-refractivity contribution in [1.82, 2.24) is 25.5 Å². The minimum atomic E-state index is -0.239. The fourth-order valence-corrected chi connectivity index (χ4v) is 3.21. The molecule has 0 radical (unpaired) electrons. The first kappa shape index (κ1) is 17.3. The lowest BCUT2D eigenvalue weighted by atomic mass is 10.3. The van der Waals surface area contributed by atoms with Crippen LogP contribution in [0.1, 0.15) is 24.6 Å². The molecule has 3 heterocycles. The zero-order valence-electron chi connectivity index (χ0n) is 14.7. The molecule has 4 rings (SSSR count). The van der Waals surface area contributed by atoms with Crippen LogP contribution in [0.4, 0.5) is 0 Å². The lowest BCUT2D eigenvalue weighted by molar-refractivity contribution is -0.119. The van der Waals surface area contributed by atoms with Gasteiger partial charge in [-0.05, 0) is 32.0 Å². The predicted molar refractivity (Wildman–Crippen MR) is 100 cm³/mol. The number of fused-ring (bicyclic) bond motifs is 1. The number of nitrogens with zero attached hydrogens (tertiary/aromatic N) is 3. The Bertz CT molecular complexity index is 1050. The molecule has 3 aromatic heterocycles. The summed E-state index contributed by atoms with van der Waals surface area (Å²) in [6.07, 6.45) is 1.56. The number of carbonyl (C=O) groups is 1. The number of hydrogen-bond acceptors (Lipinski definition) is 7. The highest BCUT2D eigenvalue weighted by Gasteiger charge is 2.16. The molecular formula is C18H17N5O3S. The number of aromatic amines is 1. The summed E-state index contributed by atoms with van der Waals surface area (Å²) in [5, 5.41) is 11.2. The molecular weight excluding hydrogens is 366 g/mol. The van der Waals surface area contributed by atoms with Gasteiger partial charge in [0.05, 0.1) is 34.7 Å². The van der Waals surface area contributed by atoms with Gasteiger partial charge in [-0.25, -0.2) is 4.98 Å². The first-order valence-electron chi connectivity index (χ1n) is 8.35. The molecule has 4 aromatic rings. The lowest BCUT2D eigenvalue weighted by Gasteiger charge is -2.10. The van der Waals surface area contributed by atoms with Gasteiger partial charge >= 0.3 is 0 Å². The summed E-state index contributed by atoms with van der Waals surface area (Å²) in [6.45, 7) is 3.70. The number of aromatic nitrogens is 4. The lowest BCUT2D eigenvalue weighted by Crippen LogP contribution is -2.28. The van der Waals surface area contributed by atoms with Crippen molar-refractivity contribution in [2.75, 3.05) is 5.75 Å². The van der Waals surface area contributed by atoms with E-state index >= 15 is 0 Å². The summed E-state index contributed by atoms with van der Waals surface area (Å²) in [5.41, 5.74) is 2.56. The van der Waals surface area contributed by atoms with Gasteiger partial charge < -0.3 is 19.1 Å². The fraction of sp³-hybridized carbons (Fsp3) is 0.222. The zero-order chi connectivity index (χ0) is 18.8. The molecule has 0 saturated heterocycles. The highest BCUT2D eigenvalue weighted by molar-refractivity contribution is 7.99. The molecule has 138 valence electrons. The summed E-state index contributed by atoms with van der Waals surface area (Å²) in [6, 6.07) is 9.26. The highest BCUT2D eigenvalue weighted by atomic mass is 32.2. The van der Waals surface area contributed by atoms with Gasteiger partial charge in [0.1, 0.15) is 11.6 Å². The Kier molecular flexibility index (Phi) is 4.68. The largest absolute Gasteiger partial charge is 0.469 e. The third-order valence-electron chi connectivity index (χ3n) is 4.02.